The molecule has 0 bridgehead atoms. The molecule has 2 heteroatoms. The van der Waals surface area contributed by atoms with Crippen molar-refractivity contribution in [2.45, 2.75) is 0 Å². The van der Waals surface area contributed by atoms with E-state index < -0.39 is 0 Å². The quantitative estimate of drug-likeness (QED) is 0.220. The van der Waals surface area contributed by atoms with Crippen molar-refractivity contribution in [3.05, 3.63) is 164 Å². The van der Waals surface area contributed by atoms with Crippen molar-refractivity contribution in [1.29, 1.82) is 0 Å². The van der Waals surface area contributed by atoms with Gasteiger partial charge in [0, 0.05) is 22.3 Å². The first kappa shape index (κ1) is 23.8. The standard InChI is InChI=1S/C38H27NO/c1-3-13-28(14-4-1)33-18-8-9-19-34(33)29-23-25-32(26-24-29)39(31-16-5-2-6-17-31)36-21-11-10-20-35(36)38-27-30-15-7-12-22-37(30)40-38/h1-27H. The lowest BCUT2D eigenvalue weighted by molar-refractivity contribution is 0.631. The monoisotopic (exact) mass is 513 g/mol. The van der Waals surface area contributed by atoms with Gasteiger partial charge < -0.3 is 9.32 Å². The molecule has 7 rings (SSSR count). The van der Waals surface area contributed by atoms with Crippen molar-refractivity contribution in [2.24, 2.45) is 0 Å². The average molecular weight is 514 g/mol. The van der Waals surface area contributed by atoms with E-state index in [0.717, 1.165) is 39.4 Å². The molecule has 0 saturated carbocycles. The summed E-state index contributed by atoms with van der Waals surface area (Å²) < 4.78 is 6.32. The lowest BCUT2D eigenvalue weighted by Gasteiger charge is -2.27. The molecule has 0 radical (unpaired) electrons. The van der Waals surface area contributed by atoms with E-state index in [2.05, 4.69) is 150 Å². The van der Waals surface area contributed by atoms with Gasteiger partial charge >= 0.3 is 0 Å². The van der Waals surface area contributed by atoms with Crippen LogP contribution in [0.4, 0.5) is 17.1 Å². The van der Waals surface area contributed by atoms with E-state index >= 15 is 0 Å². The van der Waals surface area contributed by atoms with Gasteiger partial charge in [0.1, 0.15) is 11.3 Å². The molecular weight excluding hydrogens is 486 g/mol. The van der Waals surface area contributed by atoms with Gasteiger partial charge in [0.25, 0.3) is 0 Å². The summed E-state index contributed by atoms with van der Waals surface area (Å²) in [7, 11) is 0. The maximum absolute atomic E-state index is 6.32. The molecule has 40 heavy (non-hydrogen) atoms. The first-order valence-electron chi connectivity index (χ1n) is 13.5. The van der Waals surface area contributed by atoms with Crippen molar-refractivity contribution >= 4 is 28.0 Å². The predicted molar refractivity (Wildman–Crippen MR) is 167 cm³/mol. The summed E-state index contributed by atoms with van der Waals surface area (Å²) in [6.45, 7) is 0. The van der Waals surface area contributed by atoms with E-state index in [-0.39, 0.29) is 0 Å². The van der Waals surface area contributed by atoms with Crippen LogP contribution in [0, 0.1) is 0 Å². The van der Waals surface area contributed by atoms with Gasteiger partial charge in [-0.3, -0.25) is 0 Å². The van der Waals surface area contributed by atoms with Crippen LogP contribution in [0.15, 0.2) is 168 Å². The number of anilines is 3. The Morgan fingerprint density at radius 2 is 0.925 bits per heavy atom. The fourth-order valence-corrected chi connectivity index (χ4v) is 5.39. The van der Waals surface area contributed by atoms with Gasteiger partial charge in [0.05, 0.1) is 5.69 Å². The van der Waals surface area contributed by atoms with Gasteiger partial charge in [-0.15, -0.1) is 0 Å². The number of fused-ring (bicyclic) bond motifs is 1. The van der Waals surface area contributed by atoms with Crippen LogP contribution in [-0.4, -0.2) is 0 Å². The molecule has 0 unspecified atom stereocenters. The van der Waals surface area contributed by atoms with Gasteiger partial charge in [-0.1, -0.05) is 115 Å². The highest BCUT2D eigenvalue weighted by Gasteiger charge is 2.19. The minimum Gasteiger partial charge on any atom is -0.456 e. The van der Waals surface area contributed by atoms with Crippen molar-refractivity contribution in [3.8, 4) is 33.6 Å². The van der Waals surface area contributed by atoms with E-state index in [1.165, 1.54) is 22.3 Å². The van der Waals surface area contributed by atoms with Crippen LogP contribution < -0.4 is 4.90 Å². The molecule has 0 saturated heterocycles. The third-order valence-electron chi connectivity index (χ3n) is 7.30. The van der Waals surface area contributed by atoms with Crippen LogP contribution in [0.1, 0.15) is 0 Å². The first-order chi connectivity index (χ1) is 19.8. The van der Waals surface area contributed by atoms with Gasteiger partial charge in [0.2, 0.25) is 0 Å². The van der Waals surface area contributed by atoms with Gasteiger partial charge in [-0.05, 0) is 70.8 Å². The predicted octanol–water partition coefficient (Wildman–Crippen LogP) is 10.9. The molecule has 6 aromatic carbocycles. The summed E-state index contributed by atoms with van der Waals surface area (Å²) in [4.78, 5) is 2.30. The van der Waals surface area contributed by atoms with Crippen LogP contribution >= 0.6 is 0 Å². The highest BCUT2D eigenvalue weighted by molar-refractivity contribution is 5.91. The number of hydrogen-bond donors (Lipinski definition) is 0. The molecule has 2 nitrogen and oxygen atoms in total. The highest BCUT2D eigenvalue weighted by Crippen LogP contribution is 2.42. The summed E-state index contributed by atoms with van der Waals surface area (Å²) in [5.41, 5.74) is 10.0. The van der Waals surface area contributed by atoms with Crippen LogP contribution in [0.3, 0.4) is 0 Å². The maximum atomic E-state index is 6.32. The van der Waals surface area contributed by atoms with Crippen LogP contribution in [0.25, 0.3) is 44.5 Å². The van der Waals surface area contributed by atoms with Gasteiger partial charge in [-0.2, -0.15) is 0 Å². The summed E-state index contributed by atoms with van der Waals surface area (Å²) in [6.07, 6.45) is 0. The molecule has 1 heterocycles. The molecule has 0 atom stereocenters. The van der Waals surface area contributed by atoms with E-state index in [1.54, 1.807) is 0 Å². The Balaban J connectivity index is 1.34. The van der Waals surface area contributed by atoms with Crippen molar-refractivity contribution in [2.75, 3.05) is 4.90 Å². The van der Waals surface area contributed by atoms with Gasteiger partial charge in [0.15, 0.2) is 0 Å². The zero-order valence-corrected chi connectivity index (χ0v) is 21.9. The Labute approximate surface area is 234 Å². The summed E-state index contributed by atoms with van der Waals surface area (Å²) in [5.74, 6) is 0.853. The maximum Gasteiger partial charge on any atom is 0.137 e. The second-order valence-electron chi connectivity index (χ2n) is 9.80. The fourth-order valence-electron chi connectivity index (χ4n) is 5.39. The number of nitrogens with zero attached hydrogens (tertiary/aromatic N) is 1. The Kier molecular flexibility index (Phi) is 6.20. The van der Waals surface area contributed by atoms with E-state index in [4.69, 9.17) is 4.42 Å². The molecule has 0 amide bonds. The highest BCUT2D eigenvalue weighted by atomic mass is 16.3. The normalized spacial score (nSPS) is 11.0. The lowest BCUT2D eigenvalue weighted by atomic mass is 9.94. The molecule has 0 aliphatic rings. The van der Waals surface area contributed by atoms with Crippen molar-refractivity contribution < 1.29 is 4.42 Å². The largest absolute Gasteiger partial charge is 0.456 e. The molecule has 7 aromatic rings. The molecule has 0 N–H and O–H groups in total. The van der Waals surface area contributed by atoms with E-state index in [0.29, 0.717) is 0 Å². The number of para-hydroxylation sites is 3. The van der Waals surface area contributed by atoms with E-state index in [1.807, 2.05) is 18.2 Å². The summed E-state index contributed by atoms with van der Waals surface area (Å²) in [6, 6.07) is 57.3. The molecule has 0 aliphatic heterocycles. The zero-order valence-electron chi connectivity index (χ0n) is 21.9. The smallest absolute Gasteiger partial charge is 0.137 e. The van der Waals surface area contributed by atoms with Crippen LogP contribution in [0.2, 0.25) is 0 Å². The molecule has 0 aliphatic carbocycles. The number of benzene rings is 6. The second kappa shape index (κ2) is 10.4. The topological polar surface area (TPSA) is 16.4 Å². The Morgan fingerprint density at radius 1 is 0.400 bits per heavy atom. The molecule has 0 spiro atoms. The fraction of sp³-hybridized carbons (Fsp3) is 0. The van der Waals surface area contributed by atoms with Crippen molar-refractivity contribution in [3.63, 3.8) is 0 Å². The SMILES string of the molecule is c1ccc(-c2ccccc2-c2ccc(N(c3ccccc3)c3ccccc3-c3cc4ccccc4o3)cc2)cc1. The summed E-state index contributed by atoms with van der Waals surface area (Å²) in [5, 5.41) is 1.10. The zero-order chi connectivity index (χ0) is 26.7. The molecule has 190 valence electrons. The Morgan fingerprint density at radius 3 is 1.62 bits per heavy atom. The van der Waals surface area contributed by atoms with Crippen LogP contribution in [-0.2, 0) is 0 Å². The number of hydrogen-bond acceptors (Lipinski definition) is 2. The molecule has 0 fully saturated rings. The summed E-state index contributed by atoms with van der Waals surface area (Å²) >= 11 is 0. The van der Waals surface area contributed by atoms with Crippen molar-refractivity contribution in [1.82, 2.24) is 0 Å². The van der Waals surface area contributed by atoms with Crippen LogP contribution in [0.5, 0.6) is 0 Å². The number of rotatable bonds is 6. The molecule has 1 aromatic heterocycles. The third-order valence-corrected chi connectivity index (χ3v) is 7.30. The molecular formula is C38H27NO. The number of furan rings is 1. The minimum atomic E-state index is 0.853. The second-order valence-corrected chi connectivity index (χ2v) is 9.80. The Hall–Kier alpha value is -5.34. The minimum absolute atomic E-state index is 0.853. The first-order valence-corrected chi connectivity index (χ1v) is 13.5. The van der Waals surface area contributed by atoms with E-state index in [9.17, 15) is 0 Å². The third kappa shape index (κ3) is 4.46. The lowest BCUT2D eigenvalue weighted by Crippen LogP contribution is -2.11. The van der Waals surface area contributed by atoms with Gasteiger partial charge in [-0.25, -0.2) is 0 Å². The Bertz CT molecular complexity index is 1850. The average Bonchev–Trinajstić information content (AvgIpc) is 3.47.